The first-order valence-corrected chi connectivity index (χ1v) is 10.3. The number of halogens is 1. The largest absolute Gasteiger partial charge is 0.379 e. The Kier molecular flexibility index (Phi) is 5.76. The highest BCUT2D eigenvalue weighted by Crippen LogP contribution is 2.28. The molecule has 1 aliphatic heterocycles. The Morgan fingerprint density at radius 1 is 1.12 bits per heavy atom. The zero-order valence-corrected chi connectivity index (χ0v) is 16.7. The Hall–Kier alpha value is -1.74. The highest BCUT2D eigenvalue weighted by molar-refractivity contribution is 9.10. The van der Waals surface area contributed by atoms with E-state index in [0.29, 0.717) is 36.3 Å². The maximum Gasteiger partial charge on any atom is 0.258 e. The van der Waals surface area contributed by atoms with Crippen LogP contribution in [0.25, 0.3) is 0 Å². The van der Waals surface area contributed by atoms with Crippen LogP contribution in [0, 0.1) is 0 Å². The van der Waals surface area contributed by atoms with Crippen molar-refractivity contribution in [2.45, 2.75) is 4.90 Å². The molecule has 2 aromatic carbocycles. The third-order valence-electron chi connectivity index (χ3n) is 4.21. The predicted octanol–water partition coefficient (Wildman–Crippen LogP) is 2.75. The topological polar surface area (TPSA) is 66.9 Å². The van der Waals surface area contributed by atoms with E-state index in [1.54, 1.807) is 19.2 Å². The number of ether oxygens (including phenoxy) is 1. The van der Waals surface area contributed by atoms with Crippen molar-refractivity contribution in [2.75, 3.05) is 38.3 Å². The summed E-state index contributed by atoms with van der Waals surface area (Å²) in [5.41, 5.74) is 1.05. The van der Waals surface area contributed by atoms with Crippen LogP contribution in [0.1, 0.15) is 10.4 Å². The number of nitrogens with zero attached hydrogens (tertiary/aromatic N) is 2. The van der Waals surface area contributed by atoms with Gasteiger partial charge in [-0.25, -0.2) is 8.42 Å². The number of morpholine rings is 1. The molecule has 8 heteroatoms. The summed E-state index contributed by atoms with van der Waals surface area (Å²) < 4.78 is 32.9. The van der Waals surface area contributed by atoms with Crippen LogP contribution >= 0.6 is 15.9 Å². The van der Waals surface area contributed by atoms with Crippen LogP contribution in [0.3, 0.4) is 0 Å². The molecule has 1 amide bonds. The van der Waals surface area contributed by atoms with Gasteiger partial charge < -0.3 is 9.64 Å². The van der Waals surface area contributed by atoms with Gasteiger partial charge in [-0.2, -0.15) is 4.31 Å². The lowest BCUT2D eigenvalue weighted by atomic mass is 10.2. The van der Waals surface area contributed by atoms with Crippen LogP contribution in [-0.2, 0) is 14.8 Å². The summed E-state index contributed by atoms with van der Waals surface area (Å²) in [5, 5.41) is 0. The molecule has 1 heterocycles. The Morgan fingerprint density at radius 3 is 2.42 bits per heavy atom. The van der Waals surface area contributed by atoms with Gasteiger partial charge in [-0.05, 0) is 46.3 Å². The number of benzene rings is 2. The first-order valence-electron chi connectivity index (χ1n) is 8.12. The molecule has 0 spiro atoms. The minimum absolute atomic E-state index is 0.0895. The second-order valence-corrected chi connectivity index (χ2v) is 8.62. The van der Waals surface area contributed by atoms with Crippen LogP contribution in [0.2, 0.25) is 0 Å². The molecule has 0 unspecified atom stereocenters. The molecule has 1 aliphatic rings. The Morgan fingerprint density at radius 2 is 1.77 bits per heavy atom. The maximum absolute atomic E-state index is 12.9. The van der Waals surface area contributed by atoms with E-state index in [-0.39, 0.29) is 10.8 Å². The molecule has 0 saturated carbocycles. The Bertz CT molecular complexity index is 897. The molecule has 1 saturated heterocycles. The number of anilines is 1. The van der Waals surface area contributed by atoms with Crippen LogP contribution in [-0.4, -0.2) is 52.0 Å². The standard InChI is InChI=1S/C18H19BrN2O4S/c1-20(15-5-3-2-4-6-15)18(22)14-7-8-16(19)17(13-14)26(23,24)21-9-11-25-12-10-21/h2-8,13H,9-12H2,1H3. The van der Waals surface area contributed by atoms with Crippen LogP contribution in [0.4, 0.5) is 5.69 Å². The average molecular weight is 439 g/mol. The highest BCUT2D eigenvalue weighted by Gasteiger charge is 2.29. The number of carbonyl (C=O) groups is 1. The molecular formula is C18H19BrN2O4S. The van der Waals surface area contributed by atoms with E-state index < -0.39 is 10.0 Å². The van der Waals surface area contributed by atoms with Crippen molar-refractivity contribution in [3.63, 3.8) is 0 Å². The van der Waals surface area contributed by atoms with E-state index in [0.717, 1.165) is 5.69 Å². The minimum atomic E-state index is -3.70. The number of hydrogen-bond acceptors (Lipinski definition) is 4. The summed E-state index contributed by atoms with van der Waals surface area (Å²) in [7, 11) is -2.04. The van der Waals surface area contributed by atoms with Gasteiger partial charge in [-0.1, -0.05) is 18.2 Å². The number of rotatable bonds is 4. The van der Waals surface area contributed by atoms with Crippen molar-refractivity contribution in [3.05, 3.63) is 58.6 Å². The molecule has 0 bridgehead atoms. The number of hydrogen-bond donors (Lipinski definition) is 0. The van der Waals surface area contributed by atoms with Gasteiger partial charge in [0.15, 0.2) is 0 Å². The lowest BCUT2D eigenvalue weighted by molar-refractivity contribution is 0.0730. The summed E-state index contributed by atoms with van der Waals surface area (Å²) in [6.07, 6.45) is 0. The van der Waals surface area contributed by atoms with Gasteiger partial charge in [0.05, 0.1) is 18.1 Å². The maximum atomic E-state index is 12.9. The van der Waals surface area contributed by atoms with E-state index in [1.807, 2.05) is 30.3 Å². The molecule has 0 aliphatic carbocycles. The van der Waals surface area contributed by atoms with Crippen LogP contribution < -0.4 is 4.90 Å². The van der Waals surface area contributed by atoms with Crippen LogP contribution in [0.15, 0.2) is 57.9 Å². The molecule has 26 heavy (non-hydrogen) atoms. The van der Waals surface area contributed by atoms with Gasteiger partial charge >= 0.3 is 0 Å². The van der Waals surface area contributed by atoms with Crippen molar-refractivity contribution in [2.24, 2.45) is 0 Å². The molecule has 0 aromatic heterocycles. The van der Waals surface area contributed by atoms with Crippen molar-refractivity contribution < 1.29 is 17.9 Å². The number of para-hydroxylation sites is 1. The summed E-state index contributed by atoms with van der Waals surface area (Å²) in [5.74, 6) is -0.276. The Labute approximate surface area is 161 Å². The zero-order valence-electron chi connectivity index (χ0n) is 14.3. The van der Waals surface area contributed by atoms with Crippen molar-refractivity contribution in [1.82, 2.24) is 4.31 Å². The first kappa shape index (κ1) is 19.0. The molecule has 0 radical (unpaired) electrons. The van der Waals surface area contributed by atoms with E-state index in [1.165, 1.54) is 15.3 Å². The fraction of sp³-hybridized carbons (Fsp3) is 0.278. The summed E-state index contributed by atoms with van der Waals surface area (Å²) >= 11 is 3.30. The summed E-state index contributed by atoms with van der Waals surface area (Å²) in [6.45, 7) is 1.34. The molecular weight excluding hydrogens is 420 g/mol. The molecule has 1 fully saturated rings. The first-order chi connectivity index (χ1) is 12.4. The third-order valence-corrected chi connectivity index (χ3v) is 7.11. The summed E-state index contributed by atoms with van der Waals surface area (Å²) in [6, 6.07) is 13.8. The molecule has 0 N–H and O–H groups in total. The van der Waals surface area contributed by atoms with Gasteiger partial charge in [0.1, 0.15) is 0 Å². The molecule has 2 aromatic rings. The van der Waals surface area contributed by atoms with E-state index in [2.05, 4.69) is 15.9 Å². The van der Waals surface area contributed by atoms with Crippen molar-refractivity contribution in [3.8, 4) is 0 Å². The number of sulfonamides is 1. The number of amides is 1. The fourth-order valence-electron chi connectivity index (χ4n) is 2.72. The van der Waals surface area contributed by atoms with E-state index in [4.69, 9.17) is 4.74 Å². The summed E-state index contributed by atoms with van der Waals surface area (Å²) in [4.78, 5) is 14.4. The van der Waals surface area contributed by atoms with Gasteiger partial charge in [0.25, 0.3) is 5.91 Å². The molecule has 3 rings (SSSR count). The lowest BCUT2D eigenvalue weighted by Crippen LogP contribution is -2.40. The van der Waals surface area contributed by atoms with Gasteiger partial charge in [-0.3, -0.25) is 4.79 Å². The minimum Gasteiger partial charge on any atom is -0.379 e. The SMILES string of the molecule is CN(C(=O)c1ccc(Br)c(S(=O)(=O)N2CCOCC2)c1)c1ccccc1. The quantitative estimate of drug-likeness (QED) is 0.735. The second kappa shape index (κ2) is 7.87. The molecule has 0 atom stereocenters. The van der Waals surface area contributed by atoms with Crippen molar-refractivity contribution in [1.29, 1.82) is 0 Å². The van der Waals surface area contributed by atoms with Crippen molar-refractivity contribution >= 4 is 37.5 Å². The normalized spacial score (nSPS) is 15.6. The smallest absolute Gasteiger partial charge is 0.258 e. The van der Waals surface area contributed by atoms with Crippen LogP contribution in [0.5, 0.6) is 0 Å². The second-order valence-electron chi connectivity index (χ2n) is 5.86. The van der Waals surface area contributed by atoms with Gasteiger partial charge in [0, 0.05) is 35.9 Å². The Balaban J connectivity index is 1.93. The number of carbonyl (C=O) groups excluding carboxylic acids is 1. The molecule has 6 nitrogen and oxygen atoms in total. The third kappa shape index (κ3) is 3.83. The molecule has 138 valence electrons. The lowest BCUT2D eigenvalue weighted by Gasteiger charge is -2.26. The predicted molar refractivity (Wildman–Crippen MR) is 103 cm³/mol. The van der Waals surface area contributed by atoms with Gasteiger partial charge in [-0.15, -0.1) is 0 Å². The highest BCUT2D eigenvalue weighted by atomic mass is 79.9. The average Bonchev–Trinajstić information content (AvgIpc) is 2.68. The fourth-order valence-corrected chi connectivity index (χ4v) is 5.08. The van der Waals surface area contributed by atoms with Gasteiger partial charge in [0.2, 0.25) is 10.0 Å². The monoisotopic (exact) mass is 438 g/mol. The zero-order chi connectivity index (χ0) is 18.7. The van der Waals surface area contributed by atoms with E-state index >= 15 is 0 Å². The van der Waals surface area contributed by atoms with E-state index in [9.17, 15) is 13.2 Å².